The van der Waals surface area contributed by atoms with Crippen LogP contribution in [0.5, 0.6) is 0 Å². The van der Waals surface area contributed by atoms with Crippen LogP contribution in [0.2, 0.25) is 0 Å². The number of hydrogen-bond donors (Lipinski definition) is 0. The van der Waals surface area contributed by atoms with E-state index < -0.39 is 0 Å². The molecular formula is C13H10BN. The summed E-state index contributed by atoms with van der Waals surface area (Å²) in [7, 11) is 2.16. The number of hydrogen-bond acceptors (Lipinski definition) is 1. The Hall–Kier alpha value is -1.83. The molecule has 0 saturated heterocycles. The van der Waals surface area contributed by atoms with E-state index in [1.54, 1.807) is 0 Å². The molecular weight excluding hydrogens is 181 g/mol. The van der Waals surface area contributed by atoms with Crippen molar-refractivity contribution < 1.29 is 0 Å². The molecule has 70 valence electrons. The molecule has 0 aliphatic carbocycles. The standard InChI is InChI=1S/C13H10BN/c14-13-9-5-1-3-7-11(9)15-12-8-4-2-6-10(12)13/h1-8H,14H2. The van der Waals surface area contributed by atoms with Crippen LogP contribution in [0, 0.1) is 0 Å². The van der Waals surface area contributed by atoms with E-state index in [1.165, 1.54) is 16.2 Å². The Balaban J connectivity index is 2.60. The van der Waals surface area contributed by atoms with Gasteiger partial charge in [-0.15, -0.1) is 0 Å². The molecule has 0 atom stereocenters. The van der Waals surface area contributed by atoms with E-state index in [0.717, 1.165) is 11.0 Å². The van der Waals surface area contributed by atoms with Crippen LogP contribution in [0.25, 0.3) is 21.8 Å². The van der Waals surface area contributed by atoms with Gasteiger partial charge < -0.3 is 0 Å². The van der Waals surface area contributed by atoms with Gasteiger partial charge in [-0.2, -0.15) is 0 Å². The van der Waals surface area contributed by atoms with Crippen LogP contribution in [0.3, 0.4) is 0 Å². The Kier molecular flexibility index (Phi) is 1.75. The van der Waals surface area contributed by atoms with E-state index in [-0.39, 0.29) is 0 Å². The van der Waals surface area contributed by atoms with Gasteiger partial charge in [0.05, 0.1) is 11.0 Å². The minimum absolute atomic E-state index is 1.08. The minimum atomic E-state index is 1.08. The monoisotopic (exact) mass is 191 g/mol. The van der Waals surface area contributed by atoms with Crippen molar-refractivity contribution in [1.82, 2.24) is 4.98 Å². The fourth-order valence-electron chi connectivity index (χ4n) is 2.05. The SMILES string of the molecule is Bc1c2ccccc2nc2ccccc12. The largest absolute Gasteiger partial charge is 0.248 e. The highest BCUT2D eigenvalue weighted by Gasteiger charge is 2.02. The molecule has 1 nitrogen and oxygen atoms in total. The van der Waals surface area contributed by atoms with Gasteiger partial charge in [0.15, 0.2) is 0 Å². The van der Waals surface area contributed by atoms with Crippen LogP contribution < -0.4 is 5.46 Å². The van der Waals surface area contributed by atoms with Crippen LogP contribution in [0.4, 0.5) is 0 Å². The zero-order chi connectivity index (χ0) is 10.3. The number of pyridine rings is 1. The Bertz CT molecular complexity index is 592. The molecule has 0 spiro atoms. The molecule has 0 aliphatic rings. The number of benzene rings is 2. The molecule has 2 heteroatoms. The quantitative estimate of drug-likeness (QED) is 0.389. The topological polar surface area (TPSA) is 12.9 Å². The highest BCUT2D eigenvalue weighted by Crippen LogP contribution is 2.15. The van der Waals surface area contributed by atoms with Crippen LogP contribution in [-0.4, -0.2) is 12.8 Å². The first-order valence-corrected chi connectivity index (χ1v) is 5.10. The summed E-state index contributed by atoms with van der Waals surface area (Å²) in [5.41, 5.74) is 3.47. The van der Waals surface area contributed by atoms with Crippen LogP contribution in [0.1, 0.15) is 0 Å². The Morgan fingerprint density at radius 2 is 1.20 bits per heavy atom. The van der Waals surface area contributed by atoms with E-state index >= 15 is 0 Å². The van der Waals surface area contributed by atoms with Crippen molar-refractivity contribution >= 4 is 35.1 Å². The molecule has 0 N–H and O–H groups in total. The van der Waals surface area contributed by atoms with Gasteiger partial charge >= 0.3 is 0 Å². The van der Waals surface area contributed by atoms with E-state index in [4.69, 9.17) is 0 Å². The van der Waals surface area contributed by atoms with Gasteiger partial charge in [-0.05, 0) is 22.9 Å². The fraction of sp³-hybridized carbons (Fsp3) is 0. The van der Waals surface area contributed by atoms with Gasteiger partial charge in [-0.1, -0.05) is 41.9 Å². The lowest BCUT2D eigenvalue weighted by Crippen LogP contribution is -2.07. The summed E-state index contributed by atoms with van der Waals surface area (Å²) in [6.07, 6.45) is 0. The van der Waals surface area contributed by atoms with Crippen molar-refractivity contribution in [3.63, 3.8) is 0 Å². The molecule has 0 aliphatic heterocycles. The van der Waals surface area contributed by atoms with E-state index in [1.807, 2.05) is 12.1 Å². The van der Waals surface area contributed by atoms with Crippen LogP contribution >= 0.6 is 0 Å². The van der Waals surface area contributed by atoms with Crippen LogP contribution in [-0.2, 0) is 0 Å². The first kappa shape index (κ1) is 8.48. The van der Waals surface area contributed by atoms with Crippen molar-refractivity contribution in [3.05, 3.63) is 48.5 Å². The van der Waals surface area contributed by atoms with Gasteiger partial charge in [0.1, 0.15) is 7.85 Å². The number of rotatable bonds is 0. The van der Waals surface area contributed by atoms with Gasteiger partial charge in [-0.25, -0.2) is 4.98 Å². The van der Waals surface area contributed by atoms with Crippen molar-refractivity contribution in [1.29, 1.82) is 0 Å². The molecule has 0 radical (unpaired) electrons. The molecule has 15 heavy (non-hydrogen) atoms. The van der Waals surface area contributed by atoms with E-state index in [0.29, 0.717) is 0 Å². The van der Waals surface area contributed by atoms with E-state index in [2.05, 4.69) is 49.2 Å². The molecule has 1 aromatic heterocycles. The molecule has 0 saturated carbocycles. The maximum atomic E-state index is 4.64. The molecule has 2 aromatic carbocycles. The Labute approximate surface area is 89.2 Å². The Morgan fingerprint density at radius 1 is 0.733 bits per heavy atom. The lowest BCUT2D eigenvalue weighted by molar-refractivity contribution is 1.51. The van der Waals surface area contributed by atoms with E-state index in [9.17, 15) is 0 Å². The summed E-state index contributed by atoms with van der Waals surface area (Å²) in [5.74, 6) is 0. The summed E-state index contributed by atoms with van der Waals surface area (Å²) in [6, 6.07) is 16.6. The smallest absolute Gasteiger partial charge is 0.141 e. The molecule has 1 heterocycles. The third kappa shape index (κ3) is 1.22. The first-order valence-electron chi connectivity index (χ1n) is 5.10. The third-order valence-corrected chi connectivity index (χ3v) is 2.86. The highest BCUT2D eigenvalue weighted by molar-refractivity contribution is 6.44. The Morgan fingerprint density at radius 3 is 1.73 bits per heavy atom. The second-order valence-corrected chi connectivity index (χ2v) is 3.77. The van der Waals surface area contributed by atoms with Gasteiger partial charge in [0.2, 0.25) is 0 Å². The number of fused-ring (bicyclic) bond motifs is 2. The number of aromatic nitrogens is 1. The molecule has 3 rings (SSSR count). The lowest BCUT2D eigenvalue weighted by Gasteiger charge is -2.05. The zero-order valence-corrected chi connectivity index (χ0v) is 8.57. The highest BCUT2D eigenvalue weighted by atomic mass is 14.7. The van der Waals surface area contributed by atoms with Crippen molar-refractivity contribution in [2.24, 2.45) is 0 Å². The molecule has 0 bridgehead atoms. The normalized spacial score (nSPS) is 10.9. The molecule has 0 unspecified atom stereocenters. The molecule has 0 fully saturated rings. The van der Waals surface area contributed by atoms with Gasteiger partial charge in [0, 0.05) is 0 Å². The van der Waals surface area contributed by atoms with Crippen molar-refractivity contribution in [3.8, 4) is 0 Å². The summed E-state index contributed by atoms with van der Waals surface area (Å²) < 4.78 is 0. The third-order valence-electron chi connectivity index (χ3n) is 2.86. The second-order valence-electron chi connectivity index (χ2n) is 3.77. The average molecular weight is 191 g/mol. The second kappa shape index (κ2) is 3.09. The average Bonchev–Trinajstić information content (AvgIpc) is 2.30. The van der Waals surface area contributed by atoms with Crippen molar-refractivity contribution in [2.45, 2.75) is 0 Å². The molecule has 0 amide bonds. The predicted octanol–water partition coefficient (Wildman–Crippen LogP) is 1.65. The predicted molar refractivity (Wildman–Crippen MR) is 67.4 cm³/mol. The first-order chi connectivity index (χ1) is 7.36. The summed E-state index contributed by atoms with van der Waals surface area (Å²) >= 11 is 0. The maximum Gasteiger partial charge on any atom is 0.141 e. The summed E-state index contributed by atoms with van der Waals surface area (Å²) in [4.78, 5) is 4.64. The summed E-state index contributed by atoms with van der Waals surface area (Å²) in [5, 5.41) is 2.49. The number of para-hydroxylation sites is 2. The van der Waals surface area contributed by atoms with Crippen molar-refractivity contribution in [2.75, 3.05) is 0 Å². The van der Waals surface area contributed by atoms with Crippen LogP contribution in [0.15, 0.2) is 48.5 Å². The van der Waals surface area contributed by atoms with Gasteiger partial charge in [0.25, 0.3) is 0 Å². The molecule has 3 aromatic rings. The summed E-state index contributed by atoms with van der Waals surface area (Å²) in [6.45, 7) is 0. The minimum Gasteiger partial charge on any atom is -0.248 e. The zero-order valence-electron chi connectivity index (χ0n) is 8.57. The lowest BCUT2D eigenvalue weighted by atomic mass is 9.88. The van der Waals surface area contributed by atoms with Gasteiger partial charge in [-0.3, -0.25) is 0 Å². The number of nitrogens with zero attached hydrogens (tertiary/aromatic N) is 1. The fourth-order valence-corrected chi connectivity index (χ4v) is 2.05. The maximum absolute atomic E-state index is 4.64.